The van der Waals surface area contributed by atoms with Gasteiger partial charge in [-0.2, -0.15) is 4.36 Å². The third-order valence-corrected chi connectivity index (χ3v) is 3.57. The first kappa shape index (κ1) is 11.0. The standard InChI is InChI=1S/C10H15NO2S/c1-4-14(3,12)11-9-5-7-10(13-2)8-6-9/h5-8H,4H2,1-3H3/t14-/m1/s1. The van der Waals surface area contributed by atoms with Crippen molar-refractivity contribution in [2.45, 2.75) is 6.92 Å². The van der Waals surface area contributed by atoms with E-state index in [4.69, 9.17) is 4.74 Å². The van der Waals surface area contributed by atoms with Gasteiger partial charge in [0.05, 0.1) is 12.8 Å². The van der Waals surface area contributed by atoms with Gasteiger partial charge in [-0.15, -0.1) is 0 Å². The van der Waals surface area contributed by atoms with Crippen LogP contribution in [0.5, 0.6) is 5.75 Å². The van der Waals surface area contributed by atoms with E-state index in [2.05, 4.69) is 4.36 Å². The van der Waals surface area contributed by atoms with Crippen LogP contribution in [0.15, 0.2) is 28.6 Å². The Kier molecular flexibility index (Phi) is 3.52. The smallest absolute Gasteiger partial charge is 0.119 e. The zero-order valence-electron chi connectivity index (χ0n) is 8.69. The summed E-state index contributed by atoms with van der Waals surface area (Å²) in [4.78, 5) is 0. The first-order valence-corrected chi connectivity index (χ1v) is 6.50. The number of benzene rings is 1. The highest BCUT2D eigenvalue weighted by Crippen LogP contribution is 2.19. The fourth-order valence-electron chi connectivity index (χ4n) is 0.931. The number of hydrogen-bond acceptors (Lipinski definition) is 3. The summed E-state index contributed by atoms with van der Waals surface area (Å²) in [6.07, 6.45) is 1.66. The van der Waals surface area contributed by atoms with Gasteiger partial charge in [0.1, 0.15) is 5.75 Å². The van der Waals surface area contributed by atoms with E-state index in [0.29, 0.717) is 5.75 Å². The van der Waals surface area contributed by atoms with Gasteiger partial charge in [-0.05, 0) is 24.3 Å². The van der Waals surface area contributed by atoms with Crippen molar-refractivity contribution in [3.63, 3.8) is 0 Å². The fourth-order valence-corrected chi connectivity index (χ4v) is 1.63. The molecule has 0 aliphatic heterocycles. The quantitative estimate of drug-likeness (QED) is 0.773. The maximum absolute atomic E-state index is 11.7. The van der Waals surface area contributed by atoms with Crippen LogP contribution in [-0.4, -0.2) is 23.3 Å². The van der Waals surface area contributed by atoms with Crippen LogP contribution < -0.4 is 4.74 Å². The van der Waals surface area contributed by atoms with E-state index in [9.17, 15) is 4.21 Å². The molecule has 1 aromatic rings. The summed E-state index contributed by atoms with van der Waals surface area (Å²) in [6, 6.07) is 7.23. The number of nitrogens with zero attached hydrogens (tertiary/aromatic N) is 1. The van der Waals surface area contributed by atoms with Gasteiger partial charge in [-0.3, -0.25) is 0 Å². The maximum Gasteiger partial charge on any atom is 0.119 e. The lowest BCUT2D eigenvalue weighted by Crippen LogP contribution is -1.97. The van der Waals surface area contributed by atoms with Gasteiger partial charge in [0.25, 0.3) is 0 Å². The van der Waals surface area contributed by atoms with E-state index in [-0.39, 0.29) is 0 Å². The van der Waals surface area contributed by atoms with Crippen molar-refractivity contribution >= 4 is 15.4 Å². The molecule has 0 bridgehead atoms. The molecule has 0 saturated carbocycles. The Morgan fingerprint density at radius 1 is 1.36 bits per heavy atom. The molecule has 1 rings (SSSR count). The second-order valence-electron chi connectivity index (χ2n) is 3.04. The first-order chi connectivity index (χ1) is 6.57. The van der Waals surface area contributed by atoms with Gasteiger partial charge < -0.3 is 4.74 Å². The highest BCUT2D eigenvalue weighted by Gasteiger charge is 1.97. The minimum Gasteiger partial charge on any atom is -0.497 e. The van der Waals surface area contributed by atoms with Crippen LogP contribution in [0, 0.1) is 0 Å². The monoisotopic (exact) mass is 213 g/mol. The van der Waals surface area contributed by atoms with Crippen LogP contribution in [0.4, 0.5) is 5.69 Å². The molecule has 0 spiro atoms. The molecule has 0 aliphatic rings. The average molecular weight is 213 g/mol. The predicted molar refractivity (Wildman–Crippen MR) is 59.7 cm³/mol. The van der Waals surface area contributed by atoms with Crippen molar-refractivity contribution < 1.29 is 8.95 Å². The van der Waals surface area contributed by atoms with E-state index < -0.39 is 9.73 Å². The average Bonchev–Trinajstić information content (AvgIpc) is 2.19. The summed E-state index contributed by atoms with van der Waals surface area (Å²) in [5.74, 6) is 1.35. The molecule has 0 amide bonds. The summed E-state index contributed by atoms with van der Waals surface area (Å²) >= 11 is 0. The summed E-state index contributed by atoms with van der Waals surface area (Å²) in [5, 5.41) is 0. The van der Waals surface area contributed by atoms with Crippen molar-refractivity contribution in [1.29, 1.82) is 0 Å². The molecule has 3 nitrogen and oxygen atoms in total. The van der Waals surface area contributed by atoms with E-state index in [0.717, 1.165) is 11.4 Å². The van der Waals surface area contributed by atoms with Gasteiger partial charge in [0, 0.05) is 21.7 Å². The molecule has 78 valence electrons. The Morgan fingerprint density at radius 2 is 1.93 bits per heavy atom. The third-order valence-electron chi connectivity index (χ3n) is 1.91. The van der Waals surface area contributed by atoms with Crippen LogP contribution in [-0.2, 0) is 9.73 Å². The number of methoxy groups -OCH3 is 1. The lowest BCUT2D eigenvalue weighted by Gasteiger charge is -2.01. The first-order valence-electron chi connectivity index (χ1n) is 4.41. The Balaban J connectivity index is 3.00. The third kappa shape index (κ3) is 3.03. The SMILES string of the molecule is CC[S@@](C)(=O)=Nc1ccc(OC)cc1. The molecular weight excluding hydrogens is 198 g/mol. The normalized spacial score (nSPS) is 14.5. The van der Waals surface area contributed by atoms with Crippen LogP contribution in [0.1, 0.15) is 6.92 Å². The molecule has 0 saturated heterocycles. The van der Waals surface area contributed by atoms with Gasteiger partial charge in [0.2, 0.25) is 0 Å². The molecule has 14 heavy (non-hydrogen) atoms. The summed E-state index contributed by atoms with van der Waals surface area (Å²) < 4.78 is 20.9. The summed E-state index contributed by atoms with van der Waals surface area (Å²) in [5.41, 5.74) is 0.736. The van der Waals surface area contributed by atoms with Crippen LogP contribution in [0.25, 0.3) is 0 Å². The summed E-state index contributed by atoms with van der Waals surface area (Å²) in [7, 11) is -0.446. The fraction of sp³-hybridized carbons (Fsp3) is 0.400. The molecule has 0 aromatic heterocycles. The molecule has 0 radical (unpaired) electrons. The topological polar surface area (TPSA) is 38.7 Å². The highest BCUT2D eigenvalue weighted by molar-refractivity contribution is 7.93. The number of rotatable bonds is 3. The van der Waals surface area contributed by atoms with Crippen molar-refractivity contribution in [2.24, 2.45) is 4.36 Å². The second-order valence-corrected chi connectivity index (χ2v) is 5.72. The Labute approximate surface area is 85.3 Å². The zero-order valence-corrected chi connectivity index (χ0v) is 9.50. The van der Waals surface area contributed by atoms with E-state index >= 15 is 0 Å². The zero-order chi connectivity index (χ0) is 10.6. The molecule has 0 aliphatic carbocycles. The number of hydrogen-bond donors (Lipinski definition) is 0. The Morgan fingerprint density at radius 3 is 2.36 bits per heavy atom. The predicted octanol–water partition coefficient (Wildman–Crippen LogP) is 2.44. The van der Waals surface area contributed by atoms with Crippen LogP contribution >= 0.6 is 0 Å². The maximum atomic E-state index is 11.7. The van der Waals surface area contributed by atoms with Crippen molar-refractivity contribution in [1.82, 2.24) is 0 Å². The molecule has 0 unspecified atom stereocenters. The van der Waals surface area contributed by atoms with Gasteiger partial charge in [0.15, 0.2) is 0 Å². The molecule has 0 fully saturated rings. The van der Waals surface area contributed by atoms with Crippen molar-refractivity contribution in [2.75, 3.05) is 19.1 Å². The molecule has 0 N–H and O–H groups in total. The lowest BCUT2D eigenvalue weighted by atomic mass is 10.3. The molecular formula is C10H15NO2S. The van der Waals surface area contributed by atoms with Gasteiger partial charge >= 0.3 is 0 Å². The van der Waals surface area contributed by atoms with Crippen LogP contribution in [0.3, 0.4) is 0 Å². The van der Waals surface area contributed by atoms with E-state index in [1.165, 1.54) is 0 Å². The Hall–Kier alpha value is -1.03. The molecule has 0 heterocycles. The lowest BCUT2D eigenvalue weighted by molar-refractivity contribution is 0.415. The molecule has 4 heteroatoms. The number of ether oxygens (including phenoxy) is 1. The van der Waals surface area contributed by atoms with E-state index in [1.54, 1.807) is 25.5 Å². The van der Waals surface area contributed by atoms with Gasteiger partial charge in [-0.25, -0.2) is 4.21 Å². The van der Waals surface area contributed by atoms with Crippen LogP contribution in [0.2, 0.25) is 0 Å². The highest BCUT2D eigenvalue weighted by atomic mass is 32.2. The molecule has 1 aromatic carbocycles. The second kappa shape index (κ2) is 4.46. The largest absolute Gasteiger partial charge is 0.497 e. The van der Waals surface area contributed by atoms with Crippen molar-refractivity contribution in [3.8, 4) is 5.75 Å². The minimum atomic E-state index is -2.06. The van der Waals surface area contributed by atoms with E-state index in [1.807, 2.05) is 19.1 Å². The minimum absolute atomic E-state index is 0.568. The Bertz CT molecular complexity index is 403. The summed E-state index contributed by atoms with van der Waals surface area (Å²) in [6.45, 7) is 1.87. The molecule has 1 atom stereocenters. The van der Waals surface area contributed by atoms with Crippen molar-refractivity contribution in [3.05, 3.63) is 24.3 Å². The van der Waals surface area contributed by atoms with Gasteiger partial charge in [-0.1, -0.05) is 6.92 Å².